The van der Waals surface area contributed by atoms with Crippen molar-refractivity contribution < 1.29 is 9.26 Å². The molecular weight excluding hydrogens is 493 g/mol. The minimum Gasteiger partial charge on any atom is -0.452 e. The van der Waals surface area contributed by atoms with Gasteiger partial charge in [-0.25, -0.2) is 0 Å². The number of halogens is 2. The van der Waals surface area contributed by atoms with Gasteiger partial charge in [-0.05, 0) is 59.8 Å². The highest BCUT2D eigenvalue weighted by molar-refractivity contribution is 14.1. The maximum atomic E-state index is 6.02. The van der Waals surface area contributed by atoms with Gasteiger partial charge in [0.05, 0.1) is 0 Å². The fourth-order valence-corrected chi connectivity index (χ4v) is 3.17. The van der Waals surface area contributed by atoms with Crippen LogP contribution in [-0.4, -0.2) is 24.9 Å². The zero-order valence-corrected chi connectivity index (χ0v) is 17.9. The molecule has 0 N–H and O–H groups in total. The van der Waals surface area contributed by atoms with E-state index in [1.807, 2.05) is 50.4 Å². The van der Waals surface area contributed by atoms with Gasteiger partial charge in [-0.15, -0.1) is 5.10 Å². The van der Waals surface area contributed by atoms with Crippen LogP contribution in [0.2, 0.25) is 5.02 Å². The minimum absolute atomic E-state index is 0.371. The molecule has 28 heavy (non-hydrogen) atoms. The average molecular weight is 508 g/mol. The molecule has 0 saturated carbocycles. The number of hydrogen-bond acceptors (Lipinski definition) is 6. The van der Waals surface area contributed by atoms with E-state index in [9.17, 15) is 0 Å². The molecule has 4 rings (SSSR count). The zero-order chi connectivity index (χ0) is 19.7. The van der Waals surface area contributed by atoms with Crippen LogP contribution < -0.4 is 4.74 Å². The van der Waals surface area contributed by atoms with Gasteiger partial charge in [0.15, 0.2) is 11.9 Å². The van der Waals surface area contributed by atoms with E-state index in [0.29, 0.717) is 28.6 Å². The first-order chi connectivity index (χ1) is 13.5. The number of ether oxygens (including phenoxy) is 1. The molecule has 1 atom stereocenters. The third-order valence-corrected chi connectivity index (χ3v) is 5.05. The van der Waals surface area contributed by atoms with Gasteiger partial charge in [0, 0.05) is 26.8 Å². The van der Waals surface area contributed by atoms with Crippen molar-refractivity contribution in [3.63, 3.8) is 0 Å². The molecule has 2 aromatic carbocycles. The number of rotatable bonds is 5. The van der Waals surface area contributed by atoms with Gasteiger partial charge < -0.3 is 9.26 Å². The first-order valence-corrected chi connectivity index (χ1v) is 9.88. The Morgan fingerprint density at radius 2 is 1.89 bits per heavy atom. The van der Waals surface area contributed by atoms with Gasteiger partial charge in [0.1, 0.15) is 0 Å². The summed E-state index contributed by atoms with van der Waals surface area (Å²) in [5, 5.41) is 13.0. The number of benzene rings is 2. The van der Waals surface area contributed by atoms with Gasteiger partial charge in [0.2, 0.25) is 5.82 Å². The third-order valence-electron chi connectivity index (χ3n) is 4.10. The van der Waals surface area contributed by atoms with Crippen molar-refractivity contribution in [3.8, 4) is 28.9 Å². The summed E-state index contributed by atoms with van der Waals surface area (Å²) in [6, 6.07) is 15.6. The smallest absolute Gasteiger partial charge is 0.317 e. The second kappa shape index (κ2) is 7.88. The average Bonchev–Trinajstić information content (AvgIpc) is 3.31. The molecule has 0 aliphatic carbocycles. The topological polar surface area (TPSA) is 78.9 Å². The van der Waals surface area contributed by atoms with Gasteiger partial charge in [-0.2, -0.15) is 4.98 Å². The monoisotopic (exact) mass is 507 g/mol. The molecule has 0 aliphatic heterocycles. The maximum Gasteiger partial charge on any atom is 0.317 e. The van der Waals surface area contributed by atoms with E-state index in [1.165, 1.54) is 0 Å². The first-order valence-electron chi connectivity index (χ1n) is 8.43. The number of aromatic nitrogens is 5. The predicted octanol–water partition coefficient (Wildman–Crippen LogP) is 4.93. The van der Waals surface area contributed by atoms with E-state index in [-0.39, 0.29) is 0 Å². The summed E-state index contributed by atoms with van der Waals surface area (Å²) in [6.07, 6.45) is -0.468. The maximum absolute atomic E-state index is 6.02. The highest BCUT2D eigenvalue weighted by Gasteiger charge is 2.20. The highest BCUT2D eigenvalue weighted by atomic mass is 127. The van der Waals surface area contributed by atoms with Crippen LogP contribution in [0.5, 0.6) is 6.01 Å². The Kier molecular flexibility index (Phi) is 5.31. The Morgan fingerprint density at radius 3 is 2.64 bits per heavy atom. The zero-order valence-electron chi connectivity index (χ0n) is 15.0. The Morgan fingerprint density at radius 1 is 1.11 bits per heavy atom. The molecule has 2 heterocycles. The molecule has 0 spiro atoms. The Labute approximate surface area is 179 Å². The number of hydrogen-bond donors (Lipinski definition) is 0. The predicted molar refractivity (Wildman–Crippen MR) is 113 cm³/mol. The lowest BCUT2D eigenvalue weighted by molar-refractivity contribution is 0.186. The molecule has 2 aromatic heterocycles. The molecule has 0 aliphatic rings. The molecular formula is C19H15ClIN5O2. The van der Waals surface area contributed by atoms with E-state index < -0.39 is 6.10 Å². The molecule has 0 bridgehead atoms. The third kappa shape index (κ3) is 3.88. The molecule has 0 fully saturated rings. The number of nitrogens with zero attached hydrogens (tertiary/aromatic N) is 5. The first kappa shape index (κ1) is 18.9. The second-order valence-corrected chi connectivity index (χ2v) is 7.78. The molecule has 9 heteroatoms. The molecule has 0 amide bonds. The van der Waals surface area contributed by atoms with Crippen LogP contribution in [0.15, 0.2) is 53.1 Å². The Balaban J connectivity index is 1.53. The lowest BCUT2D eigenvalue weighted by atomic mass is 10.2. The van der Waals surface area contributed by atoms with Crippen LogP contribution >= 0.6 is 34.2 Å². The Hall–Kier alpha value is -2.46. The molecule has 142 valence electrons. The lowest BCUT2D eigenvalue weighted by Gasteiger charge is -2.10. The largest absolute Gasteiger partial charge is 0.452 e. The van der Waals surface area contributed by atoms with Crippen molar-refractivity contribution in [2.45, 2.75) is 13.0 Å². The summed E-state index contributed by atoms with van der Waals surface area (Å²) >= 11 is 8.28. The normalized spacial score (nSPS) is 12.1. The molecule has 0 radical (unpaired) electrons. The summed E-state index contributed by atoms with van der Waals surface area (Å²) in [6.45, 7) is 1.83. The van der Waals surface area contributed by atoms with Crippen molar-refractivity contribution in [1.29, 1.82) is 0 Å². The molecule has 7 nitrogen and oxygen atoms in total. The van der Waals surface area contributed by atoms with E-state index in [1.54, 1.807) is 16.7 Å². The summed E-state index contributed by atoms with van der Waals surface area (Å²) in [5.41, 5.74) is 1.71. The highest BCUT2D eigenvalue weighted by Crippen LogP contribution is 2.26. The van der Waals surface area contributed by atoms with Gasteiger partial charge >= 0.3 is 6.01 Å². The van der Waals surface area contributed by atoms with E-state index in [0.717, 1.165) is 14.7 Å². The summed E-state index contributed by atoms with van der Waals surface area (Å²) in [7, 11) is 1.85. The van der Waals surface area contributed by atoms with Gasteiger partial charge in [-0.1, -0.05) is 40.1 Å². The van der Waals surface area contributed by atoms with Crippen LogP contribution in [0, 0.1) is 3.57 Å². The fraction of sp³-hybridized carbons (Fsp3) is 0.158. The molecule has 4 aromatic rings. The molecule has 0 saturated heterocycles. The van der Waals surface area contributed by atoms with Crippen molar-refractivity contribution in [2.24, 2.45) is 7.05 Å². The summed E-state index contributed by atoms with van der Waals surface area (Å²) in [4.78, 5) is 4.40. The van der Waals surface area contributed by atoms with Crippen LogP contribution in [0.4, 0.5) is 0 Å². The van der Waals surface area contributed by atoms with Crippen molar-refractivity contribution in [1.82, 2.24) is 24.9 Å². The standard InChI is InChI=1S/C19H15ClIN5O2/c1-11(16-22-18(28-25-16)13-4-3-5-14(20)10-13)27-19-24-23-17(26(19)2)12-6-8-15(21)9-7-12/h3-11H,1-2H3/t11-/m1/s1. The van der Waals surface area contributed by atoms with E-state index >= 15 is 0 Å². The fourth-order valence-electron chi connectivity index (χ4n) is 2.62. The van der Waals surface area contributed by atoms with Crippen LogP contribution in [0.25, 0.3) is 22.8 Å². The van der Waals surface area contributed by atoms with E-state index in [2.05, 4.69) is 42.9 Å². The van der Waals surface area contributed by atoms with Crippen LogP contribution in [0.1, 0.15) is 18.9 Å². The second-order valence-electron chi connectivity index (χ2n) is 6.10. The van der Waals surface area contributed by atoms with E-state index in [4.69, 9.17) is 20.9 Å². The van der Waals surface area contributed by atoms with Crippen molar-refractivity contribution in [2.75, 3.05) is 0 Å². The summed E-state index contributed by atoms with van der Waals surface area (Å²) < 4.78 is 14.2. The Bertz CT molecular complexity index is 1110. The quantitative estimate of drug-likeness (QED) is 0.357. The summed E-state index contributed by atoms with van der Waals surface area (Å²) in [5.74, 6) is 1.51. The SMILES string of the molecule is C[C@@H](Oc1nnc(-c2ccc(I)cc2)n1C)c1noc(-c2cccc(Cl)c2)n1. The molecule has 0 unspecified atom stereocenters. The van der Waals surface area contributed by atoms with Gasteiger partial charge in [-0.3, -0.25) is 4.57 Å². The van der Waals surface area contributed by atoms with Crippen molar-refractivity contribution in [3.05, 3.63) is 62.9 Å². The van der Waals surface area contributed by atoms with Crippen LogP contribution in [0.3, 0.4) is 0 Å². The lowest BCUT2D eigenvalue weighted by Crippen LogP contribution is -2.08. The minimum atomic E-state index is -0.468. The van der Waals surface area contributed by atoms with Crippen LogP contribution in [-0.2, 0) is 7.05 Å². The van der Waals surface area contributed by atoms with Gasteiger partial charge in [0.25, 0.3) is 5.89 Å². The van der Waals surface area contributed by atoms with Crippen molar-refractivity contribution >= 4 is 34.2 Å².